The molecule has 2 unspecified atom stereocenters. The molecule has 1 heterocycles. The lowest BCUT2D eigenvalue weighted by atomic mass is 10.1. The number of aliphatic hydroxyl groups excluding tert-OH is 1. The zero-order valence-corrected chi connectivity index (χ0v) is 17.2. The molecule has 7 heteroatoms. The van der Waals surface area contributed by atoms with Gasteiger partial charge in [0.1, 0.15) is 0 Å². The summed E-state index contributed by atoms with van der Waals surface area (Å²) in [6.07, 6.45) is 1.81. The largest absolute Gasteiger partial charge is 0.386 e. The van der Waals surface area contributed by atoms with Gasteiger partial charge in [-0.05, 0) is 43.2 Å². The second-order valence-electron chi connectivity index (χ2n) is 5.35. The Morgan fingerprint density at radius 2 is 2.17 bits per heavy atom. The zero-order chi connectivity index (χ0) is 15.8. The van der Waals surface area contributed by atoms with Crippen LogP contribution >= 0.6 is 47.3 Å². The average Bonchev–Trinajstić information content (AvgIpc) is 2.54. The normalized spacial score (nSPS) is 19.6. The van der Waals surface area contributed by atoms with Gasteiger partial charge >= 0.3 is 0 Å². The van der Waals surface area contributed by atoms with Crippen LogP contribution < -0.4 is 10.6 Å². The van der Waals surface area contributed by atoms with Gasteiger partial charge in [0, 0.05) is 23.4 Å². The third kappa shape index (κ3) is 7.49. The topological polar surface area (TPSA) is 56.7 Å². The zero-order valence-electron chi connectivity index (χ0n) is 13.3. The van der Waals surface area contributed by atoms with Gasteiger partial charge in [0.05, 0.1) is 12.6 Å². The average molecular weight is 470 g/mol. The van der Waals surface area contributed by atoms with E-state index >= 15 is 0 Å². The first-order valence-corrected chi connectivity index (χ1v) is 9.28. The quantitative estimate of drug-likeness (QED) is 0.351. The monoisotopic (exact) mass is 469 g/mol. The fourth-order valence-electron chi connectivity index (χ4n) is 2.34. The molecule has 1 aliphatic heterocycles. The number of rotatable bonds is 5. The lowest BCUT2D eigenvalue weighted by Gasteiger charge is -2.24. The van der Waals surface area contributed by atoms with Crippen molar-refractivity contribution in [2.45, 2.75) is 31.9 Å². The van der Waals surface area contributed by atoms with Gasteiger partial charge in [-0.1, -0.05) is 23.7 Å². The Balaban J connectivity index is 0.00000264. The summed E-state index contributed by atoms with van der Waals surface area (Å²) in [5.74, 6) is 3.15. The molecule has 1 aromatic rings. The Labute approximate surface area is 164 Å². The Bertz CT molecular complexity index is 481. The third-order valence-corrected chi connectivity index (χ3v) is 4.99. The molecule has 4 nitrogen and oxygen atoms in total. The van der Waals surface area contributed by atoms with Gasteiger partial charge in [0.15, 0.2) is 5.96 Å². The smallest absolute Gasteiger partial charge is 0.191 e. The van der Waals surface area contributed by atoms with Gasteiger partial charge in [-0.15, -0.1) is 24.0 Å². The SMILES string of the molecule is CCNC(=NCC(O)c1ccc(Cl)cc1)NC1CCCSC1.I. The summed E-state index contributed by atoms with van der Waals surface area (Å²) in [6.45, 7) is 3.18. The van der Waals surface area contributed by atoms with E-state index in [9.17, 15) is 5.11 Å². The summed E-state index contributed by atoms with van der Waals surface area (Å²) in [6, 6.07) is 7.70. The summed E-state index contributed by atoms with van der Waals surface area (Å²) in [5.41, 5.74) is 0.831. The first-order chi connectivity index (χ1) is 10.7. The lowest BCUT2D eigenvalue weighted by Crippen LogP contribution is -2.45. The Hall–Kier alpha value is -0.180. The summed E-state index contributed by atoms with van der Waals surface area (Å²) in [4.78, 5) is 4.51. The summed E-state index contributed by atoms with van der Waals surface area (Å²) >= 11 is 7.84. The first-order valence-electron chi connectivity index (χ1n) is 7.75. The van der Waals surface area contributed by atoms with E-state index in [1.807, 2.05) is 30.8 Å². The fraction of sp³-hybridized carbons (Fsp3) is 0.562. The lowest BCUT2D eigenvalue weighted by molar-refractivity contribution is 0.187. The minimum absolute atomic E-state index is 0. The molecule has 0 aromatic heterocycles. The molecule has 1 aromatic carbocycles. The van der Waals surface area contributed by atoms with Crippen molar-refractivity contribution in [2.75, 3.05) is 24.6 Å². The summed E-state index contributed by atoms with van der Waals surface area (Å²) in [5, 5.41) is 17.6. The number of hydrogen-bond acceptors (Lipinski definition) is 3. The second kappa shape index (κ2) is 11.4. The predicted molar refractivity (Wildman–Crippen MR) is 111 cm³/mol. The molecule has 1 saturated heterocycles. The molecule has 0 bridgehead atoms. The highest BCUT2D eigenvalue weighted by atomic mass is 127. The van der Waals surface area contributed by atoms with Crippen molar-refractivity contribution < 1.29 is 5.11 Å². The molecular weight excluding hydrogens is 445 g/mol. The minimum Gasteiger partial charge on any atom is -0.386 e. The van der Waals surface area contributed by atoms with Crippen molar-refractivity contribution in [1.82, 2.24) is 10.6 Å². The molecule has 0 amide bonds. The maximum Gasteiger partial charge on any atom is 0.191 e. The van der Waals surface area contributed by atoms with E-state index in [1.54, 1.807) is 12.1 Å². The van der Waals surface area contributed by atoms with Crippen LogP contribution in [0.2, 0.25) is 5.02 Å². The number of hydrogen-bond donors (Lipinski definition) is 3. The van der Waals surface area contributed by atoms with Crippen molar-refractivity contribution >= 4 is 53.3 Å². The molecule has 3 N–H and O–H groups in total. The highest BCUT2D eigenvalue weighted by Gasteiger charge is 2.15. The molecule has 0 radical (unpaired) electrons. The van der Waals surface area contributed by atoms with Crippen LogP contribution in [0.3, 0.4) is 0 Å². The molecule has 0 aliphatic carbocycles. The molecule has 0 spiro atoms. The molecule has 2 rings (SSSR count). The molecular formula is C16H25ClIN3OS. The van der Waals surface area contributed by atoms with Gasteiger partial charge < -0.3 is 15.7 Å². The molecule has 130 valence electrons. The number of aliphatic hydroxyl groups is 1. The van der Waals surface area contributed by atoms with Crippen LogP contribution in [0, 0.1) is 0 Å². The second-order valence-corrected chi connectivity index (χ2v) is 6.93. The standard InChI is InChI=1S/C16H24ClN3OS.HI/c1-2-18-16(20-14-4-3-9-22-11-14)19-10-15(21)12-5-7-13(17)8-6-12;/h5-8,14-15,21H,2-4,9-11H2,1H3,(H2,18,19,20);1H. The fourth-order valence-corrected chi connectivity index (χ4v) is 3.53. The Kier molecular flexibility index (Phi) is 10.3. The first kappa shape index (κ1) is 20.9. The van der Waals surface area contributed by atoms with Gasteiger partial charge in [-0.2, -0.15) is 11.8 Å². The van der Waals surface area contributed by atoms with Crippen LogP contribution in [0.25, 0.3) is 0 Å². The maximum atomic E-state index is 10.2. The number of benzene rings is 1. The summed E-state index contributed by atoms with van der Waals surface area (Å²) < 4.78 is 0. The number of halogens is 2. The highest BCUT2D eigenvalue weighted by molar-refractivity contribution is 14.0. The van der Waals surface area contributed by atoms with Gasteiger partial charge in [-0.25, -0.2) is 0 Å². The molecule has 1 aliphatic rings. The molecule has 1 fully saturated rings. The maximum absolute atomic E-state index is 10.2. The van der Waals surface area contributed by atoms with E-state index in [4.69, 9.17) is 11.6 Å². The van der Waals surface area contributed by atoms with Crippen molar-refractivity contribution in [3.8, 4) is 0 Å². The molecule has 23 heavy (non-hydrogen) atoms. The van der Waals surface area contributed by atoms with E-state index in [1.165, 1.54) is 18.6 Å². The molecule has 0 saturated carbocycles. The van der Waals surface area contributed by atoms with Crippen molar-refractivity contribution in [3.05, 3.63) is 34.9 Å². The van der Waals surface area contributed by atoms with Crippen LogP contribution in [0.4, 0.5) is 0 Å². The highest BCUT2D eigenvalue weighted by Crippen LogP contribution is 2.18. The van der Waals surface area contributed by atoms with Crippen LogP contribution in [0.15, 0.2) is 29.3 Å². The van der Waals surface area contributed by atoms with Gasteiger partial charge in [0.25, 0.3) is 0 Å². The van der Waals surface area contributed by atoms with E-state index in [-0.39, 0.29) is 24.0 Å². The minimum atomic E-state index is -0.617. The van der Waals surface area contributed by atoms with Crippen molar-refractivity contribution in [1.29, 1.82) is 0 Å². The van der Waals surface area contributed by atoms with Crippen molar-refractivity contribution in [3.63, 3.8) is 0 Å². The van der Waals surface area contributed by atoms with Crippen LogP contribution in [0.1, 0.15) is 31.4 Å². The van der Waals surface area contributed by atoms with Gasteiger partial charge in [-0.3, -0.25) is 4.99 Å². The summed E-state index contributed by atoms with van der Waals surface area (Å²) in [7, 11) is 0. The van der Waals surface area contributed by atoms with Crippen LogP contribution in [-0.4, -0.2) is 41.7 Å². The predicted octanol–water partition coefficient (Wildman–Crippen LogP) is 3.44. The number of thioether (sulfide) groups is 1. The van der Waals surface area contributed by atoms with Crippen LogP contribution in [0.5, 0.6) is 0 Å². The van der Waals surface area contributed by atoms with E-state index in [0.717, 1.165) is 23.8 Å². The van der Waals surface area contributed by atoms with Crippen molar-refractivity contribution in [2.24, 2.45) is 4.99 Å². The third-order valence-electron chi connectivity index (χ3n) is 3.52. The molecule has 2 atom stereocenters. The van der Waals surface area contributed by atoms with E-state index in [2.05, 4.69) is 15.6 Å². The number of guanidine groups is 1. The van der Waals surface area contributed by atoms with E-state index < -0.39 is 6.10 Å². The Morgan fingerprint density at radius 3 is 2.78 bits per heavy atom. The van der Waals surface area contributed by atoms with Gasteiger partial charge in [0.2, 0.25) is 0 Å². The number of nitrogens with zero attached hydrogens (tertiary/aromatic N) is 1. The Morgan fingerprint density at radius 1 is 1.43 bits per heavy atom. The number of aliphatic imine (C=N–C) groups is 1. The van der Waals surface area contributed by atoms with Crippen LogP contribution in [-0.2, 0) is 0 Å². The van der Waals surface area contributed by atoms with E-state index in [0.29, 0.717) is 17.6 Å². The number of nitrogens with one attached hydrogen (secondary N) is 2.